The highest BCUT2D eigenvalue weighted by Gasteiger charge is 2.48. The molecule has 6 heteroatoms. The van der Waals surface area contributed by atoms with E-state index in [-0.39, 0.29) is 24.6 Å². The summed E-state index contributed by atoms with van der Waals surface area (Å²) in [7, 11) is 2.90. The maximum absolute atomic E-state index is 12.0. The highest BCUT2D eigenvalue weighted by Crippen LogP contribution is 2.25. The van der Waals surface area contributed by atoms with Crippen LogP contribution in [0.15, 0.2) is 30.3 Å². The molecule has 2 rings (SSSR count). The normalized spacial score (nSPS) is 21.0. The monoisotopic (exact) mass is 307 g/mol. The van der Waals surface area contributed by atoms with E-state index in [9.17, 15) is 9.59 Å². The van der Waals surface area contributed by atoms with Gasteiger partial charge in [0.1, 0.15) is 18.7 Å². The first kappa shape index (κ1) is 16.5. The number of carbonyl (C=O) groups is 2. The van der Waals surface area contributed by atoms with Crippen molar-refractivity contribution in [2.75, 3.05) is 34.0 Å². The Morgan fingerprint density at radius 3 is 2.59 bits per heavy atom. The summed E-state index contributed by atoms with van der Waals surface area (Å²) in [6, 6.07) is 8.82. The standard InChI is InChI=1S/C16H21NO5/c1-20-8-9-22-16(19)14-11-17(14)13(15(18)21-2)10-12-6-4-3-5-7-12/h3-7,13-14H,8-11H2,1-2H3. The smallest absolute Gasteiger partial charge is 0.324 e. The van der Waals surface area contributed by atoms with Gasteiger partial charge in [0.25, 0.3) is 0 Å². The second-order valence-electron chi connectivity index (χ2n) is 5.10. The molecule has 0 bridgehead atoms. The molecule has 0 radical (unpaired) electrons. The largest absolute Gasteiger partial charge is 0.468 e. The number of hydrogen-bond acceptors (Lipinski definition) is 6. The Hall–Kier alpha value is -1.92. The van der Waals surface area contributed by atoms with E-state index in [1.165, 1.54) is 7.11 Å². The van der Waals surface area contributed by atoms with Crippen LogP contribution in [-0.2, 0) is 30.2 Å². The molecule has 1 aliphatic heterocycles. The number of carbonyl (C=O) groups excluding carboxylic acids is 2. The second-order valence-corrected chi connectivity index (χ2v) is 5.10. The molecule has 120 valence electrons. The minimum absolute atomic E-state index is 0.223. The molecule has 1 fully saturated rings. The van der Waals surface area contributed by atoms with Crippen molar-refractivity contribution < 1.29 is 23.8 Å². The molecule has 0 amide bonds. The number of methoxy groups -OCH3 is 2. The topological polar surface area (TPSA) is 64.8 Å². The van der Waals surface area contributed by atoms with Gasteiger partial charge in [0.2, 0.25) is 0 Å². The summed E-state index contributed by atoms with van der Waals surface area (Å²) in [6.45, 7) is 1.10. The summed E-state index contributed by atoms with van der Waals surface area (Å²) in [4.78, 5) is 25.7. The summed E-state index contributed by atoms with van der Waals surface area (Å²) >= 11 is 0. The summed E-state index contributed by atoms with van der Waals surface area (Å²) in [5.74, 6) is -0.657. The summed E-state index contributed by atoms with van der Waals surface area (Å²) in [5.41, 5.74) is 1.02. The van der Waals surface area contributed by atoms with E-state index in [4.69, 9.17) is 14.2 Å². The average Bonchev–Trinajstić information content (AvgIpc) is 3.33. The number of esters is 2. The Morgan fingerprint density at radius 1 is 1.23 bits per heavy atom. The zero-order valence-corrected chi connectivity index (χ0v) is 12.9. The number of rotatable bonds is 8. The lowest BCUT2D eigenvalue weighted by Crippen LogP contribution is -2.35. The van der Waals surface area contributed by atoms with Gasteiger partial charge in [-0.15, -0.1) is 0 Å². The third-order valence-corrected chi connectivity index (χ3v) is 3.60. The molecule has 1 saturated heterocycles. The second kappa shape index (κ2) is 7.91. The maximum atomic E-state index is 12.0. The van der Waals surface area contributed by atoms with Gasteiger partial charge in [-0.1, -0.05) is 30.3 Å². The number of hydrogen-bond donors (Lipinski definition) is 0. The molecular formula is C16H21NO5. The quantitative estimate of drug-likeness (QED) is 0.399. The lowest BCUT2D eigenvalue weighted by Gasteiger charge is -2.16. The van der Waals surface area contributed by atoms with Crippen molar-refractivity contribution in [3.05, 3.63) is 35.9 Å². The highest BCUT2D eigenvalue weighted by atomic mass is 16.6. The lowest BCUT2D eigenvalue weighted by molar-refractivity contribution is -0.147. The van der Waals surface area contributed by atoms with E-state index >= 15 is 0 Å². The summed E-state index contributed by atoms with van der Waals surface area (Å²) in [5, 5.41) is 0. The van der Waals surface area contributed by atoms with Crippen LogP contribution in [0.2, 0.25) is 0 Å². The van der Waals surface area contributed by atoms with Crippen LogP contribution < -0.4 is 0 Å². The van der Waals surface area contributed by atoms with E-state index in [1.54, 1.807) is 12.0 Å². The van der Waals surface area contributed by atoms with E-state index in [1.807, 2.05) is 30.3 Å². The predicted octanol–water partition coefficient (Wildman–Crippen LogP) is 0.644. The van der Waals surface area contributed by atoms with Crippen molar-refractivity contribution in [3.63, 3.8) is 0 Å². The molecule has 3 atom stereocenters. The molecule has 6 nitrogen and oxygen atoms in total. The van der Waals surface area contributed by atoms with Crippen LogP contribution >= 0.6 is 0 Å². The van der Waals surface area contributed by atoms with Crippen molar-refractivity contribution in [3.8, 4) is 0 Å². The fraction of sp³-hybridized carbons (Fsp3) is 0.500. The zero-order valence-electron chi connectivity index (χ0n) is 12.9. The van der Waals surface area contributed by atoms with Gasteiger partial charge in [0.15, 0.2) is 0 Å². The van der Waals surface area contributed by atoms with Gasteiger partial charge >= 0.3 is 11.9 Å². The van der Waals surface area contributed by atoms with Gasteiger partial charge in [0.05, 0.1) is 13.7 Å². The van der Waals surface area contributed by atoms with E-state index in [2.05, 4.69) is 0 Å². The Morgan fingerprint density at radius 2 is 1.95 bits per heavy atom. The third kappa shape index (κ3) is 4.29. The third-order valence-electron chi connectivity index (χ3n) is 3.60. The Balaban J connectivity index is 1.94. The molecule has 0 aliphatic carbocycles. The molecule has 22 heavy (non-hydrogen) atoms. The van der Waals surface area contributed by atoms with Gasteiger partial charge < -0.3 is 14.2 Å². The van der Waals surface area contributed by atoms with E-state index in [0.717, 1.165) is 5.56 Å². The molecule has 1 aromatic carbocycles. The van der Waals surface area contributed by atoms with Crippen LogP contribution in [0.1, 0.15) is 5.56 Å². The molecule has 0 aromatic heterocycles. The fourth-order valence-corrected chi connectivity index (χ4v) is 2.34. The van der Waals surface area contributed by atoms with Crippen molar-refractivity contribution in [2.24, 2.45) is 0 Å². The number of ether oxygens (including phenoxy) is 3. The molecular weight excluding hydrogens is 286 g/mol. The van der Waals surface area contributed by atoms with Gasteiger partial charge in [0, 0.05) is 13.7 Å². The highest BCUT2D eigenvalue weighted by molar-refractivity contribution is 5.83. The number of benzene rings is 1. The SMILES string of the molecule is COCCOC(=O)C1CN1C(Cc1ccccc1)C(=O)OC. The predicted molar refractivity (Wildman–Crippen MR) is 79.3 cm³/mol. The fourth-order valence-electron chi connectivity index (χ4n) is 2.34. The van der Waals surface area contributed by atoms with E-state index in [0.29, 0.717) is 19.6 Å². The van der Waals surface area contributed by atoms with Gasteiger partial charge in [-0.05, 0) is 12.0 Å². The van der Waals surface area contributed by atoms with Gasteiger partial charge in [-0.25, -0.2) is 0 Å². The van der Waals surface area contributed by atoms with E-state index < -0.39 is 6.04 Å². The van der Waals surface area contributed by atoms with Crippen molar-refractivity contribution in [2.45, 2.75) is 18.5 Å². The first-order chi connectivity index (χ1) is 10.7. The van der Waals surface area contributed by atoms with Crippen molar-refractivity contribution in [1.82, 2.24) is 4.90 Å². The molecule has 3 unspecified atom stereocenters. The molecule has 0 saturated carbocycles. The van der Waals surface area contributed by atoms with Crippen LogP contribution in [-0.4, -0.2) is 62.9 Å². The van der Waals surface area contributed by atoms with Crippen LogP contribution in [0.4, 0.5) is 0 Å². The molecule has 0 N–H and O–H groups in total. The summed E-state index contributed by atoms with van der Waals surface area (Å²) < 4.78 is 14.8. The van der Waals surface area contributed by atoms with Crippen LogP contribution in [0.3, 0.4) is 0 Å². The first-order valence-electron chi connectivity index (χ1n) is 7.20. The lowest BCUT2D eigenvalue weighted by atomic mass is 10.1. The number of nitrogens with zero attached hydrogens (tertiary/aromatic N) is 1. The Bertz CT molecular complexity index is 505. The van der Waals surface area contributed by atoms with Gasteiger partial charge in [-0.2, -0.15) is 0 Å². The summed E-state index contributed by atoms with van der Waals surface area (Å²) in [6.07, 6.45) is 0.509. The average molecular weight is 307 g/mol. The minimum Gasteiger partial charge on any atom is -0.468 e. The molecule has 1 aliphatic rings. The van der Waals surface area contributed by atoms with Crippen molar-refractivity contribution >= 4 is 11.9 Å². The van der Waals surface area contributed by atoms with Crippen molar-refractivity contribution in [1.29, 1.82) is 0 Å². The molecule has 1 aromatic rings. The van der Waals surface area contributed by atoms with Crippen LogP contribution in [0.5, 0.6) is 0 Å². The minimum atomic E-state index is -0.465. The van der Waals surface area contributed by atoms with Crippen LogP contribution in [0, 0.1) is 0 Å². The maximum Gasteiger partial charge on any atom is 0.324 e. The van der Waals surface area contributed by atoms with Crippen LogP contribution in [0.25, 0.3) is 0 Å². The van der Waals surface area contributed by atoms with Gasteiger partial charge in [-0.3, -0.25) is 14.5 Å². The molecule has 1 heterocycles. The first-order valence-corrected chi connectivity index (χ1v) is 7.20. The zero-order chi connectivity index (χ0) is 15.9. The Kier molecular flexibility index (Phi) is 5.91. The Labute approximate surface area is 129 Å². The molecule has 0 spiro atoms.